The van der Waals surface area contributed by atoms with Gasteiger partial charge in [0.15, 0.2) is 0 Å². The highest BCUT2D eigenvalue weighted by atomic mass is 16.3. The number of allylic oxidation sites excluding steroid dienone is 6. The van der Waals surface area contributed by atoms with Gasteiger partial charge in [0, 0.05) is 0 Å². The molecule has 5 unspecified atom stereocenters. The topological polar surface area (TPSA) is 20.2 Å². The Hall–Kier alpha value is -1.08. The molecule has 1 N–H and O–H groups in total. The summed E-state index contributed by atoms with van der Waals surface area (Å²) < 4.78 is 0. The molecule has 198 valence electrons. The van der Waals surface area contributed by atoms with Crippen LogP contribution < -0.4 is 0 Å². The van der Waals surface area contributed by atoms with Crippen LogP contribution in [0.2, 0.25) is 0 Å². The maximum atomic E-state index is 10.2. The normalized spacial score (nSPS) is 32.8. The van der Waals surface area contributed by atoms with Crippen LogP contribution in [0.3, 0.4) is 0 Å². The van der Waals surface area contributed by atoms with Crippen molar-refractivity contribution in [3.05, 3.63) is 47.6 Å². The van der Waals surface area contributed by atoms with Crippen LogP contribution in [0.15, 0.2) is 47.6 Å². The number of aliphatic hydroxyl groups is 1. The summed E-state index contributed by atoms with van der Waals surface area (Å²) in [6.45, 7) is 23.2. The summed E-state index contributed by atoms with van der Waals surface area (Å²) in [5.41, 5.74) is 4.72. The Kier molecular flexibility index (Phi) is 17.6. The SMILES string of the molecule is C=C1/C(=C\C=C2/CCCC3(C)C(CCCC/C=C\C)CCC23)CC(O)CC1C.CC.CC.CC. The molecule has 3 fully saturated rings. The molecule has 3 aliphatic rings. The van der Waals surface area contributed by atoms with Crippen LogP contribution in [0.5, 0.6) is 0 Å². The average molecular weight is 473 g/mol. The average Bonchev–Trinajstić information content (AvgIpc) is 3.20. The molecule has 5 atom stereocenters. The van der Waals surface area contributed by atoms with E-state index < -0.39 is 0 Å². The molecule has 0 heterocycles. The van der Waals surface area contributed by atoms with Crippen LogP contribution in [0.25, 0.3) is 0 Å². The molecule has 0 aromatic heterocycles. The van der Waals surface area contributed by atoms with Crippen LogP contribution in [-0.2, 0) is 0 Å². The minimum absolute atomic E-state index is 0.194. The molecule has 1 nitrogen and oxygen atoms in total. The van der Waals surface area contributed by atoms with Crippen molar-refractivity contribution in [2.45, 2.75) is 139 Å². The van der Waals surface area contributed by atoms with Crippen molar-refractivity contribution >= 4 is 0 Å². The van der Waals surface area contributed by atoms with Crippen LogP contribution in [-0.4, -0.2) is 11.2 Å². The molecule has 0 aromatic rings. The summed E-state index contributed by atoms with van der Waals surface area (Å²) in [6.07, 6.45) is 22.9. The summed E-state index contributed by atoms with van der Waals surface area (Å²) in [5, 5.41) is 10.2. The lowest BCUT2D eigenvalue weighted by atomic mass is 9.62. The highest BCUT2D eigenvalue weighted by Crippen LogP contribution is 2.58. The van der Waals surface area contributed by atoms with Crippen molar-refractivity contribution in [3.8, 4) is 0 Å². The molecule has 1 heteroatoms. The largest absolute Gasteiger partial charge is 0.393 e. The fraction of sp³-hybridized carbons (Fsp3) is 0.758. The van der Waals surface area contributed by atoms with Crippen LogP contribution >= 0.6 is 0 Å². The van der Waals surface area contributed by atoms with Crippen molar-refractivity contribution in [3.63, 3.8) is 0 Å². The van der Waals surface area contributed by atoms with E-state index in [0.717, 1.165) is 24.7 Å². The first-order chi connectivity index (χ1) is 16.5. The first kappa shape index (κ1) is 32.9. The van der Waals surface area contributed by atoms with Crippen LogP contribution in [0.1, 0.15) is 133 Å². The minimum atomic E-state index is -0.194. The fourth-order valence-corrected chi connectivity index (χ4v) is 6.36. The van der Waals surface area contributed by atoms with Crippen molar-refractivity contribution in [1.29, 1.82) is 0 Å². The van der Waals surface area contributed by atoms with Gasteiger partial charge in [-0.05, 0) is 105 Å². The van der Waals surface area contributed by atoms with E-state index in [1.807, 2.05) is 41.5 Å². The first-order valence-electron chi connectivity index (χ1n) is 14.8. The van der Waals surface area contributed by atoms with Crippen molar-refractivity contribution in [2.24, 2.45) is 23.2 Å². The van der Waals surface area contributed by atoms with E-state index in [1.165, 1.54) is 68.9 Å². The number of fused-ring (bicyclic) bond motifs is 1. The molecular formula is C33H60O. The lowest BCUT2D eigenvalue weighted by Crippen LogP contribution is -2.33. The van der Waals surface area contributed by atoms with Gasteiger partial charge in [0.05, 0.1) is 6.10 Å². The van der Waals surface area contributed by atoms with Crippen molar-refractivity contribution in [1.82, 2.24) is 0 Å². The van der Waals surface area contributed by atoms with Gasteiger partial charge in [0.25, 0.3) is 0 Å². The second-order valence-corrected chi connectivity index (χ2v) is 9.99. The minimum Gasteiger partial charge on any atom is -0.393 e. The summed E-state index contributed by atoms with van der Waals surface area (Å²) in [4.78, 5) is 0. The van der Waals surface area contributed by atoms with Crippen LogP contribution in [0.4, 0.5) is 0 Å². The third-order valence-corrected chi connectivity index (χ3v) is 8.16. The molecule has 3 saturated carbocycles. The van der Waals surface area contributed by atoms with Crippen molar-refractivity contribution < 1.29 is 5.11 Å². The van der Waals surface area contributed by atoms with Gasteiger partial charge in [-0.15, -0.1) is 0 Å². The molecular weight excluding hydrogens is 412 g/mol. The zero-order valence-corrected chi connectivity index (χ0v) is 24.6. The molecule has 3 aliphatic carbocycles. The van der Waals surface area contributed by atoms with Gasteiger partial charge in [0.1, 0.15) is 0 Å². The quantitative estimate of drug-likeness (QED) is 0.301. The Balaban J connectivity index is 0.00000168. The first-order valence-corrected chi connectivity index (χ1v) is 14.8. The maximum Gasteiger partial charge on any atom is 0.0586 e. The molecule has 0 amide bonds. The Morgan fingerprint density at radius 2 is 1.71 bits per heavy atom. The van der Waals surface area contributed by atoms with Gasteiger partial charge in [-0.1, -0.05) is 98.3 Å². The fourth-order valence-electron chi connectivity index (χ4n) is 6.36. The number of unbranched alkanes of at least 4 members (excludes halogenated alkanes) is 2. The van der Waals surface area contributed by atoms with Gasteiger partial charge in [0.2, 0.25) is 0 Å². The van der Waals surface area contributed by atoms with Gasteiger partial charge < -0.3 is 5.11 Å². The number of hydrogen-bond donors (Lipinski definition) is 1. The standard InChI is InChI=1S/C27H42O.3C2H6/c1-5-6-7-8-9-12-24-15-16-26-22(11-10-17-27(24,26)4)13-14-23-19-25(28)18-20(2)21(23)3;3*1-2/h5-6,13-14,20,24-26,28H,3,7-12,15-19H2,1-2,4H3;3*1-2H3/b6-5-,22-13+,23-14-;;;. The number of hydrogen-bond acceptors (Lipinski definition) is 1. The zero-order valence-electron chi connectivity index (χ0n) is 24.6. The number of aliphatic hydroxyl groups excluding tert-OH is 1. The summed E-state index contributed by atoms with van der Waals surface area (Å²) >= 11 is 0. The van der Waals surface area contributed by atoms with Crippen LogP contribution in [0, 0.1) is 23.2 Å². The highest BCUT2D eigenvalue weighted by Gasteiger charge is 2.48. The highest BCUT2D eigenvalue weighted by molar-refractivity contribution is 5.37. The van der Waals surface area contributed by atoms with E-state index in [1.54, 1.807) is 5.57 Å². The molecule has 34 heavy (non-hydrogen) atoms. The van der Waals surface area contributed by atoms with Gasteiger partial charge in [-0.2, -0.15) is 0 Å². The second-order valence-electron chi connectivity index (χ2n) is 9.99. The Morgan fingerprint density at radius 1 is 1.03 bits per heavy atom. The van der Waals surface area contributed by atoms with Gasteiger partial charge >= 0.3 is 0 Å². The summed E-state index contributed by atoms with van der Waals surface area (Å²) in [6, 6.07) is 0. The number of rotatable bonds is 6. The van der Waals surface area contributed by atoms with E-state index in [9.17, 15) is 5.11 Å². The smallest absolute Gasteiger partial charge is 0.0586 e. The van der Waals surface area contributed by atoms with E-state index in [2.05, 4.69) is 51.7 Å². The molecule has 0 aliphatic heterocycles. The van der Waals surface area contributed by atoms with E-state index in [-0.39, 0.29) is 6.10 Å². The monoisotopic (exact) mass is 472 g/mol. The Labute approximate surface area is 214 Å². The molecule has 0 aromatic carbocycles. The third-order valence-electron chi connectivity index (χ3n) is 8.16. The molecule has 3 rings (SSSR count). The van der Waals surface area contributed by atoms with Crippen molar-refractivity contribution in [2.75, 3.05) is 0 Å². The second kappa shape index (κ2) is 18.2. The Morgan fingerprint density at radius 3 is 2.35 bits per heavy atom. The maximum absolute atomic E-state index is 10.2. The zero-order chi connectivity index (χ0) is 26.1. The molecule has 0 radical (unpaired) electrons. The predicted molar refractivity (Wildman–Crippen MR) is 155 cm³/mol. The van der Waals surface area contributed by atoms with Gasteiger partial charge in [-0.3, -0.25) is 0 Å². The lowest BCUT2D eigenvalue weighted by molar-refractivity contribution is 0.127. The third kappa shape index (κ3) is 9.18. The lowest BCUT2D eigenvalue weighted by Gasteiger charge is -2.42. The predicted octanol–water partition coefficient (Wildman–Crippen LogP) is 10.6. The van der Waals surface area contributed by atoms with E-state index in [0.29, 0.717) is 11.3 Å². The molecule has 0 saturated heterocycles. The summed E-state index contributed by atoms with van der Waals surface area (Å²) in [5.74, 6) is 2.09. The van der Waals surface area contributed by atoms with E-state index >= 15 is 0 Å². The van der Waals surface area contributed by atoms with E-state index in [4.69, 9.17) is 0 Å². The molecule has 0 spiro atoms. The van der Waals surface area contributed by atoms with Gasteiger partial charge in [-0.25, -0.2) is 0 Å². The summed E-state index contributed by atoms with van der Waals surface area (Å²) in [7, 11) is 0. The molecule has 0 bridgehead atoms. The Bertz CT molecular complexity index is 637.